The van der Waals surface area contributed by atoms with E-state index in [1.54, 1.807) is 32.4 Å². The van der Waals surface area contributed by atoms with Gasteiger partial charge in [-0.25, -0.2) is 0 Å². The summed E-state index contributed by atoms with van der Waals surface area (Å²) in [7, 11) is 3.15. The SMILES string of the molecule is COc1ccc(CC(=O)Nc2ccc(C)cc2Cl)c(OC)c1. The molecular formula is C17H18ClNO3. The number of rotatable bonds is 5. The molecule has 22 heavy (non-hydrogen) atoms. The Bertz CT molecular complexity index is 686. The number of methoxy groups -OCH3 is 2. The van der Waals surface area contributed by atoms with Gasteiger partial charge in [0.15, 0.2) is 0 Å². The van der Waals surface area contributed by atoms with Gasteiger partial charge in [0.1, 0.15) is 11.5 Å². The maximum atomic E-state index is 12.2. The maximum Gasteiger partial charge on any atom is 0.228 e. The van der Waals surface area contributed by atoms with E-state index in [4.69, 9.17) is 21.1 Å². The third kappa shape index (κ3) is 3.92. The fourth-order valence-electron chi connectivity index (χ4n) is 2.09. The molecule has 0 saturated carbocycles. The Balaban J connectivity index is 2.12. The van der Waals surface area contributed by atoms with Crippen LogP contribution < -0.4 is 14.8 Å². The molecule has 0 aliphatic rings. The van der Waals surface area contributed by atoms with Crippen LogP contribution in [0.3, 0.4) is 0 Å². The lowest BCUT2D eigenvalue weighted by Crippen LogP contribution is -2.15. The highest BCUT2D eigenvalue weighted by atomic mass is 35.5. The van der Waals surface area contributed by atoms with Crippen molar-refractivity contribution >= 4 is 23.2 Å². The summed E-state index contributed by atoms with van der Waals surface area (Å²) in [6.45, 7) is 1.94. The number of hydrogen-bond acceptors (Lipinski definition) is 3. The summed E-state index contributed by atoms with van der Waals surface area (Å²) in [5.74, 6) is 1.14. The molecule has 0 aliphatic carbocycles. The van der Waals surface area contributed by atoms with Crippen molar-refractivity contribution in [2.45, 2.75) is 13.3 Å². The quantitative estimate of drug-likeness (QED) is 0.910. The van der Waals surface area contributed by atoms with E-state index < -0.39 is 0 Å². The molecule has 116 valence electrons. The zero-order chi connectivity index (χ0) is 16.1. The second kappa shape index (κ2) is 7.18. The van der Waals surface area contributed by atoms with Crippen LogP contribution in [0.4, 0.5) is 5.69 Å². The van der Waals surface area contributed by atoms with Crippen molar-refractivity contribution in [3.8, 4) is 11.5 Å². The van der Waals surface area contributed by atoms with Crippen LogP contribution >= 0.6 is 11.6 Å². The number of halogens is 1. The summed E-state index contributed by atoms with van der Waals surface area (Å²) >= 11 is 6.12. The molecule has 2 rings (SSSR count). The highest BCUT2D eigenvalue weighted by Crippen LogP contribution is 2.26. The maximum absolute atomic E-state index is 12.2. The second-order valence-electron chi connectivity index (χ2n) is 4.89. The molecule has 0 spiro atoms. The third-order valence-electron chi connectivity index (χ3n) is 3.24. The molecule has 2 aromatic rings. The van der Waals surface area contributed by atoms with Crippen LogP contribution in [0.5, 0.6) is 11.5 Å². The first kappa shape index (κ1) is 16.2. The summed E-state index contributed by atoms with van der Waals surface area (Å²) < 4.78 is 10.4. The van der Waals surface area contributed by atoms with E-state index in [1.807, 2.05) is 25.1 Å². The summed E-state index contributed by atoms with van der Waals surface area (Å²) in [5.41, 5.74) is 2.42. The van der Waals surface area contributed by atoms with E-state index in [0.717, 1.165) is 11.1 Å². The van der Waals surface area contributed by atoms with Crippen LogP contribution in [0.15, 0.2) is 36.4 Å². The van der Waals surface area contributed by atoms with Crippen LogP contribution in [-0.4, -0.2) is 20.1 Å². The number of carbonyl (C=O) groups excluding carboxylic acids is 1. The van der Waals surface area contributed by atoms with Crippen molar-refractivity contribution in [3.05, 3.63) is 52.5 Å². The lowest BCUT2D eigenvalue weighted by molar-refractivity contribution is -0.115. The molecule has 1 amide bonds. The number of anilines is 1. The summed E-state index contributed by atoms with van der Waals surface area (Å²) in [5, 5.41) is 3.33. The zero-order valence-corrected chi connectivity index (χ0v) is 13.5. The normalized spacial score (nSPS) is 10.2. The highest BCUT2D eigenvalue weighted by Gasteiger charge is 2.11. The lowest BCUT2D eigenvalue weighted by Gasteiger charge is -2.11. The fourth-order valence-corrected chi connectivity index (χ4v) is 2.37. The molecule has 0 unspecified atom stereocenters. The van der Waals surface area contributed by atoms with Gasteiger partial charge in [-0.1, -0.05) is 23.7 Å². The standard InChI is InChI=1S/C17H18ClNO3/c1-11-4-7-15(14(18)8-11)19-17(20)9-12-5-6-13(21-2)10-16(12)22-3/h4-8,10H,9H2,1-3H3,(H,19,20). The van der Waals surface area contributed by atoms with Gasteiger partial charge in [0.05, 0.1) is 31.4 Å². The molecule has 0 saturated heterocycles. The number of aryl methyl sites for hydroxylation is 1. The van der Waals surface area contributed by atoms with Gasteiger partial charge >= 0.3 is 0 Å². The number of carbonyl (C=O) groups is 1. The molecule has 4 nitrogen and oxygen atoms in total. The van der Waals surface area contributed by atoms with Gasteiger partial charge in [0, 0.05) is 11.6 Å². The summed E-state index contributed by atoms with van der Waals surface area (Å²) in [6, 6.07) is 10.9. The van der Waals surface area contributed by atoms with E-state index in [2.05, 4.69) is 5.32 Å². The zero-order valence-electron chi connectivity index (χ0n) is 12.8. The van der Waals surface area contributed by atoms with Gasteiger partial charge in [0.2, 0.25) is 5.91 Å². The minimum Gasteiger partial charge on any atom is -0.497 e. The number of amides is 1. The van der Waals surface area contributed by atoms with Gasteiger partial charge in [-0.05, 0) is 30.7 Å². The molecule has 0 heterocycles. The van der Waals surface area contributed by atoms with E-state index >= 15 is 0 Å². The van der Waals surface area contributed by atoms with Crippen molar-refractivity contribution in [1.29, 1.82) is 0 Å². The Kier molecular flexibility index (Phi) is 5.28. The van der Waals surface area contributed by atoms with E-state index in [9.17, 15) is 4.79 Å². The molecule has 5 heteroatoms. The first-order valence-corrected chi connectivity index (χ1v) is 7.18. The smallest absolute Gasteiger partial charge is 0.228 e. The van der Waals surface area contributed by atoms with Crippen molar-refractivity contribution in [3.63, 3.8) is 0 Å². The number of ether oxygens (including phenoxy) is 2. The number of hydrogen-bond donors (Lipinski definition) is 1. The lowest BCUT2D eigenvalue weighted by atomic mass is 10.1. The predicted molar refractivity (Wildman–Crippen MR) is 88.1 cm³/mol. The Labute approximate surface area is 135 Å². The molecule has 0 aliphatic heterocycles. The molecule has 2 aromatic carbocycles. The van der Waals surface area contributed by atoms with Gasteiger partial charge in [-0.15, -0.1) is 0 Å². The van der Waals surface area contributed by atoms with Gasteiger partial charge in [-0.3, -0.25) is 4.79 Å². The third-order valence-corrected chi connectivity index (χ3v) is 3.56. The van der Waals surface area contributed by atoms with Crippen molar-refractivity contribution in [2.24, 2.45) is 0 Å². The molecular weight excluding hydrogens is 302 g/mol. The highest BCUT2D eigenvalue weighted by molar-refractivity contribution is 6.33. The molecule has 0 aromatic heterocycles. The topological polar surface area (TPSA) is 47.6 Å². The molecule has 0 bridgehead atoms. The Hall–Kier alpha value is -2.20. The molecule has 0 fully saturated rings. The largest absolute Gasteiger partial charge is 0.497 e. The molecule has 0 radical (unpaired) electrons. The number of nitrogens with one attached hydrogen (secondary N) is 1. The number of benzene rings is 2. The minimum absolute atomic E-state index is 0.158. The van der Waals surface area contributed by atoms with Crippen molar-refractivity contribution < 1.29 is 14.3 Å². The van der Waals surface area contributed by atoms with Crippen molar-refractivity contribution in [2.75, 3.05) is 19.5 Å². The summed E-state index contributed by atoms with van der Waals surface area (Å²) in [6.07, 6.45) is 0.192. The first-order chi connectivity index (χ1) is 10.5. The molecule has 0 atom stereocenters. The van der Waals surface area contributed by atoms with Gasteiger partial charge in [-0.2, -0.15) is 0 Å². The average Bonchev–Trinajstić information content (AvgIpc) is 2.50. The van der Waals surface area contributed by atoms with Crippen molar-refractivity contribution in [1.82, 2.24) is 0 Å². The molecule has 1 N–H and O–H groups in total. The summed E-state index contributed by atoms with van der Waals surface area (Å²) in [4.78, 5) is 12.2. The Morgan fingerprint density at radius 2 is 1.91 bits per heavy atom. The predicted octanol–water partition coefficient (Wildman–Crippen LogP) is 3.85. The fraction of sp³-hybridized carbons (Fsp3) is 0.235. The first-order valence-electron chi connectivity index (χ1n) is 6.80. The van der Waals surface area contributed by atoms with E-state index in [-0.39, 0.29) is 12.3 Å². The average molecular weight is 320 g/mol. The van der Waals surface area contributed by atoms with Gasteiger partial charge in [0.25, 0.3) is 0 Å². The van der Waals surface area contributed by atoms with Gasteiger partial charge < -0.3 is 14.8 Å². The minimum atomic E-state index is -0.158. The van der Waals surface area contributed by atoms with E-state index in [0.29, 0.717) is 22.2 Å². The van der Waals surface area contributed by atoms with Crippen LogP contribution in [0.25, 0.3) is 0 Å². The second-order valence-corrected chi connectivity index (χ2v) is 5.29. The Morgan fingerprint density at radius 3 is 2.55 bits per heavy atom. The monoisotopic (exact) mass is 319 g/mol. The van der Waals surface area contributed by atoms with E-state index in [1.165, 1.54) is 0 Å². The van der Waals surface area contributed by atoms with Crippen LogP contribution in [0.2, 0.25) is 5.02 Å². The van der Waals surface area contributed by atoms with Crippen LogP contribution in [0.1, 0.15) is 11.1 Å². The van der Waals surface area contributed by atoms with Crippen LogP contribution in [-0.2, 0) is 11.2 Å². The Morgan fingerprint density at radius 1 is 1.14 bits per heavy atom. The van der Waals surface area contributed by atoms with Crippen LogP contribution in [0, 0.1) is 6.92 Å².